The van der Waals surface area contributed by atoms with E-state index in [1.807, 2.05) is 0 Å². The zero-order valence-corrected chi connectivity index (χ0v) is 7.40. The molecule has 8 heavy (non-hydrogen) atoms. The summed E-state index contributed by atoms with van der Waals surface area (Å²) in [4.78, 5) is 10.0. The normalized spacial score (nSPS) is 6.62. The van der Waals surface area contributed by atoms with Gasteiger partial charge in [0.25, 0.3) is 0 Å². The average molecular weight is 123 g/mol. The van der Waals surface area contributed by atoms with E-state index in [0.29, 0.717) is 6.54 Å². The van der Waals surface area contributed by atoms with Crippen LogP contribution >= 0.6 is 0 Å². The number of hydrogen-bond donors (Lipinski definition) is 1. The topological polar surface area (TPSA) is 29.1 Å². The first-order valence-corrected chi connectivity index (χ1v) is 2.12. The van der Waals surface area contributed by atoms with Gasteiger partial charge in [0.2, 0.25) is 5.91 Å². The Morgan fingerprint density at radius 1 is 2.00 bits per heavy atom. The fourth-order valence-corrected chi connectivity index (χ4v) is 0.216. The molecule has 0 saturated carbocycles. The SMILES string of the molecule is C=CCNC(C)=O.[H-].[Na+]. The van der Waals surface area contributed by atoms with Crippen molar-refractivity contribution < 1.29 is 35.8 Å². The molecule has 3 heteroatoms. The van der Waals surface area contributed by atoms with Crippen molar-refractivity contribution in [1.82, 2.24) is 5.32 Å². The van der Waals surface area contributed by atoms with Crippen molar-refractivity contribution in [3.63, 3.8) is 0 Å². The molecule has 0 heterocycles. The van der Waals surface area contributed by atoms with Gasteiger partial charge in [-0.25, -0.2) is 0 Å². The van der Waals surface area contributed by atoms with E-state index in [9.17, 15) is 4.79 Å². The molecule has 1 N–H and O–H groups in total. The van der Waals surface area contributed by atoms with Crippen molar-refractivity contribution >= 4 is 5.91 Å². The van der Waals surface area contributed by atoms with Crippen LogP contribution < -0.4 is 34.9 Å². The second-order valence-electron chi connectivity index (χ2n) is 1.23. The molecule has 0 aromatic carbocycles. The van der Waals surface area contributed by atoms with E-state index in [1.54, 1.807) is 6.08 Å². The first kappa shape index (κ1) is 11.1. The maximum absolute atomic E-state index is 10.0. The van der Waals surface area contributed by atoms with Crippen LogP contribution in [0.1, 0.15) is 8.35 Å². The Morgan fingerprint density at radius 2 is 2.50 bits per heavy atom. The van der Waals surface area contributed by atoms with Gasteiger partial charge in [0.1, 0.15) is 0 Å². The van der Waals surface area contributed by atoms with Gasteiger partial charge in [-0.05, 0) is 0 Å². The van der Waals surface area contributed by atoms with Crippen molar-refractivity contribution in [1.29, 1.82) is 0 Å². The maximum atomic E-state index is 10.0. The minimum atomic E-state index is -0.0140. The third-order valence-corrected chi connectivity index (χ3v) is 0.495. The van der Waals surface area contributed by atoms with Crippen LogP contribution in [-0.4, -0.2) is 12.5 Å². The number of rotatable bonds is 2. The van der Waals surface area contributed by atoms with Gasteiger partial charge in [0.05, 0.1) is 0 Å². The molecule has 0 rings (SSSR count). The van der Waals surface area contributed by atoms with E-state index in [1.165, 1.54) is 6.92 Å². The molecule has 0 bridgehead atoms. The summed E-state index contributed by atoms with van der Waals surface area (Å²) in [5.41, 5.74) is 0. The van der Waals surface area contributed by atoms with Crippen molar-refractivity contribution in [2.75, 3.05) is 6.54 Å². The van der Waals surface area contributed by atoms with Crippen LogP contribution in [0.5, 0.6) is 0 Å². The second-order valence-corrected chi connectivity index (χ2v) is 1.23. The largest absolute Gasteiger partial charge is 1.00 e. The Kier molecular flexibility index (Phi) is 9.97. The smallest absolute Gasteiger partial charge is 1.00 e. The van der Waals surface area contributed by atoms with Crippen molar-refractivity contribution in [2.45, 2.75) is 6.92 Å². The van der Waals surface area contributed by atoms with Crippen LogP contribution in [0.3, 0.4) is 0 Å². The molecular weight excluding hydrogens is 113 g/mol. The van der Waals surface area contributed by atoms with Crippen LogP contribution in [0, 0.1) is 0 Å². The molecule has 0 aromatic rings. The van der Waals surface area contributed by atoms with Crippen molar-refractivity contribution in [3.8, 4) is 0 Å². The van der Waals surface area contributed by atoms with Crippen LogP contribution in [0.2, 0.25) is 0 Å². The Morgan fingerprint density at radius 3 is 2.62 bits per heavy atom. The standard InChI is InChI=1S/C5H9NO.Na.H/c1-3-4-6-5(2)7;;/h3H,1,4H2,2H3,(H,6,7);;/q;+1;-1. The Bertz CT molecular complexity index is 87.0. The molecule has 2 nitrogen and oxygen atoms in total. The summed E-state index contributed by atoms with van der Waals surface area (Å²) in [7, 11) is 0. The molecule has 0 fully saturated rings. The molecule has 0 saturated heterocycles. The molecule has 42 valence electrons. The third-order valence-electron chi connectivity index (χ3n) is 0.495. The molecule has 0 aliphatic heterocycles. The van der Waals surface area contributed by atoms with Gasteiger partial charge in [-0.2, -0.15) is 0 Å². The predicted molar refractivity (Wildman–Crippen MR) is 30.0 cm³/mol. The summed E-state index contributed by atoms with van der Waals surface area (Å²) in [6, 6.07) is 0. The fourth-order valence-electron chi connectivity index (χ4n) is 0.216. The molecule has 0 radical (unpaired) electrons. The van der Waals surface area contributed by atoms with E-state index in [4.69, 9.17) is 0 Å². The van der Waals surface area contributed by atoms with Crippen LogP contribution in [0.15, 0.2) is 12.7 Å². The number of hydrogen-bond acceptors (Lipinski definition) is 1. The van der Waals surface area contributed by atoms with Gasteiger partial charge in [-0.3, -0.25) is 4.79 Å². The van der Waals surface area contributed by atoms with Gasteiger partial charge in [0.15, 0.2) is 0 Å². The maximum Gasteiger partial charge on any atom is 1.00 e. The number of carbonyl (C=O) groups excluding carboxylic acids is 1. The van der Waals surface area contributed by atoms with Gasteiger partial charge < -0.3 is 6.74 Å². The fraction of sp³-hybridized carbons (Fsp3) is 0.400. The van der Waals surface area contributed by atoms with Crippen LogP contribution in [0.4, 0.5) is 0 Å². The zero-order chi connectivity index (χ0) is 5.70. The van der Waals surface area contributed by atoms with E-state index in [-0.39, 0.29) is 36.9 Å². The van der Waals surface area contributed by atoms with Gasteiger partial charge in [-0.15, -0.1) is 6.58 Å². The number of amides is 1. The summed E-state index contributed by atoms with van der Waals surface area (Å²) in [5.74, 6) is -0.0140. The molecule has 0 aliphatic carbocycles. The van der Waals surface area contributed by atoms with E-state index < -0.39 is 0 Å². The van der Waals surface area contributed by atoms with E-state index in [0.717, 1.165) is 0 Å². The summed E-state index contributed by atoms with van der Waals surface area (Å²) in [6.45, 7) is 5.46. The number of carbonyl (C=O) groups is 1. The molecule has 1 amide bonds. The first-order chi connectivity index (χ1) is 3.27. The molecule has 0 aromatic heterocycles. The quantitative estimate of drug-likeness (QED) is 0.317. The summed E-state index contributed by atoms with van der Waals surface area (Å²) < 4.78 is 0. The molecular formula is C5H10NNaO. The second kappa shape index (κ2) is 7.21. The van der Waals surface area contributed by atoms with Crippen molar-refractivity contribution in [2.24, 2.45) is 0 Å². The Balaban J connectivity index is -0.000000180. The van der Waals surface area contributed by atoms with E-state index >= 15 is 0 Å². The van der Waals surface area contributed by atoms with Gasteiger partial charge >= 0.3 is 29.6 Å². The van der Waals surface area contributed by atoms with E-state index in [2.05, 4.69) is 11.9 Å². The molecule has 0 aliphatic rings. The summed E-state index contributed by atoms with van der Waals surface area (Å²) >= 11 is 0. The van der Waals surface area contributed by atoms with Crippen LogP contribution in [-0.2, 0) is 4.79 Å². The molecule has 0 atom stereocenters. The van der Waals surface area contributed by atoms with Gasteiger partial charge in [-0.1, -0.05) is 6.08 Å². The average Bonchev–Trinajstić information content (AvgIpc) is 1.61. The summed E-state index contributed by atoms with van der Waals surface area (Å²) in [5, 5.41) is 2.54. The Labute approximate surface area is 73.1 Å². The Hall–Kier alpha value is 0.210. The number of nitrogens with one attached hydrogen (secondary N) is 1. The minimum Gasteiger partial charge on any atom is -1.00 e. The minimum absolute atomic E-state index is 0. The van der Waals surface area contributed by atoms with Gasteiger partial charge in [0, 0.05) is 13.5 Å². The summed E-state index contributed by atoms with van der Waals surface area (Å²) in [6.07, 6.45) is 1.64. The first-order valence-electron chi connectivity index (χ1n) is 2.12. The predicted octanol–water partition coefficient (Wildman–Crippen LogP) is -2.57. The molecule has 0 spiro atoms. The van der Waals surface area contributed by atoms with Crippen LogP contribution in [0.25, 0.3) is 0 Å². The zero-order valence-electron chi connectivity index (χ0n) is 6.40. The molecule has 0 unspecified atom stereocenters. The monoisotopic (exact) mass is 123 g/mol. The third kappa shape index (κ3) is 9.51. The van der Waals surface area contributed by atoms with Crippen molar-refractivity contribution in [3.05, 3.63) is 12.7 Å².